The minimum absolute atomic E-state index is 0.0114. The molecule has 1 amide bonds. The lowest BCUT2D eigenvalue weighted by Gasteiger charge is -2.06. The number of nitro benzene ring substituents is 1. The predicted octanol–water partition coefficient (Wildman–Crippen LogP) is 0.565. The molecule has 1 rings (SSSR count). The van der Waals surface area contributed by atoms with Crippen molar-refractivity contribution in [3.63, 3.8) is 0 Å². The van der Waals surface area contributed by atoms with Crippen molar-refractivity contribution in [3.8, 4) is 0 Å². The molecule has 0 saturated carbocycles. The molecule has 0 aliphatic carbocycles. The van der Waals surface area contributed by atoms with E-state index in [4.69, 9.17) is 5.11 Å². The standard InChI is InChI=1S/C11H11FN2O6/c12-9-5-7(14(18)19)1-2-8(9)11(17)13-3-4-20-6-10(15)16/h1-2,5H,3-4,6H2,(H,13,17)(H,15,16). The highest BCUT2D eigenvalue weighted by Gasteiger charge is 2.15. The molecule has 0 spiro atoms. The first-order valence-corrected chi connectivity index (χ1v) is 5.43. The second-order valence-electron chi connectivity index (χ2n) is 3.62. The third-order valence-corrected chi connectivity index (χ3v) is 2.17. The van der Waals surface area contributed by atoms with Gasteiger partial charge in [-0.3, -0.25) is 14.9 Å². The lowest BCUT2D eigenvalue weighted by atomic mass is 10.2. The molecule has 0 unspecified atom stereocenters. The molecule has 8 nitrogen and oxygen atoms in total. The molecular formula is C11H11FN2O6. The van der Waals surface area contributed by atoms with Crippen LogP contribution >= 0.6 is 0 Å². The number of carboxylic acid groups (broad SMARTS) is 1. The van der Waals surface area contributed by atoms with Crippen LogP contribution in [0.2, 0.25) is 0 Å². The van der Waals surface area contributed by atoms with Crippen LogP contribution in [0.3, 0.4) is 0 Å². The van der Waals surface area contributed by atoms with Crippen molar-refractivity contribution in [3.05, 3.63) is 39.7 Å². The van der Waals surface area contributed by atoms with E-state index in [9.17, 15) is 24.1 Å². The van der Waals surface area contributed by atoms with Crippen LogP contribution in [0.15, 0.2) is 18.2 Å². The van der Waals surface area contributed by atoms with Gasteiger partial charge in [0, 0.05) is 12.6 Å². The van der Waals surface area contributed by atoms with E-state index < -0.39 is 34.9 Å². The lowest BCUT2D eigenvalue weighted by molar-refractivity contribution is -0.385. The topological polar surface area (TPSA) is 119 Å². The number of non-ortho nitro benzene ring substituents is 1. The summed E-state index contributed by atoms with van der Waals surface area (Å²) in [6.45, 7) is -0.559. The first-order valence-electron chi connectivity index (χ1n) is 5.43. The Labute approximate surface area is 112 Å². The molecule has 9 heteroatoms. The van der Waals surface area contributed by atoms with Gasteiger partial charge in [-0.05, 0) is 6.07 Å². The average molecular weight is 286 g/mol. The fourth-order valence-corrected chi connectivity index (χ4v) is 1.29. The van der Waals surface area contributed by atoms with Gasteiger partial charge in [0.25, 0.3) is 11.6 Å². The number of hydrogen-bond acceptors (Lipinski definition) is 5. The molecule has 0 atom stereocenters. The van der Waals surface area contributed by atoms with Crippen LogP contribution in [0, 0.1) is 15.9 Å². The molecule has 0 bridgehead atoms. The Morgan fingerprint density at radius 3 is 2.70 bits per heavy atom. The van der Waals surface area contributed by atoms with Gasteiger partial charge in [-0.15, -0.1) is 0 Å². The fraction of sp³-hybridized carbons (Fsp3) is 0.273. The number of carboxylic acids is 1. The van der Waals surface area contributed by atoms with Crippen molar-refractivity contribution in [2.45, 2.75) is 0 Å². The van der Waals surface area contributed by atoms with Crippen LogP contribution in [0.4, 0.5) is 10.1 Å². The van der Waals surface area contributed by atoms with E-state index in [0.29, 0.717) is 6.07 Å². The van der Waals surface area contributed by atoms with E-state index in [1.807, 2.05) is 0 Å². The normalized spacial score (nSPS) is 10.1. The number of halogens is 1. The molecule has 108 valence electrons. The minimum atomic E-state index is -1.14. The summed E-state index contributed by atoms with van der Waals surface area (Å²) in [4.78, 5) is 31.3. The zero-order valence-corrected chi connectivity index (χ0v) is 10.2. The largest absolute Gasteiger partial charge is 0.480 e. The van der Waals surface area contributed by atoms with Crippen molar-refractivity contribution < 1.29 is 28.7 Å². The van der Waals surface area contributed by atoms with Gasteiger partial charge in [0.1, 0.15) is 12.4 Å². The van der Waals surface area contributed by atoms with Gasteiger partial charge < -0.3 is 15.2 Å². The van der Waals surface area contributed by atoms with Crippen LogP contribution in [-0.2, 0) is 9.53 Å². The molecule has 2 N–H and O–H groups in total. The maximum atomic E-state index is 13.5. The monoisotopic (exact) mass is 286 g/mol. The summed E-state index contributed by atoms with van der Waals surface area (Å²) in [5.74, 6) is -2.92. The number of ether oxygens (including phenoxy) is 1. The van der Waals surface area contributed by atoms with Gasteiger partial charge in [-0.2, -0.15) is 0 Å². The number of nitrogens with zero attached hydrogens (tertiary/aromatic N) is 1. The Balaban J connectivity index is 2.51. The molecule has 1 aromatic rings. The van der Waals surface area contributed by atoms with Crippen molar-refractivity contribution >= 4 is 17.6 Å². The molecule has 0 heterocycles. The maximum absolute atomic E-state index is 13.5. The summed E-state index contributed by atoms with van der Waals surface area (Å²) in [5.41, 5.74) is -0.794. The van der Waals surface area contributed by atoms with E-state index >= 15 is 0 Å². The van der Waals surface area contributed by atoms with Crippen molar-refractivity contribution in [1.82, 2.24) is 5.32 Å². The fourth-order valence-electron chi connectivity index (χ4n) is 1.29. The zero-order chi connectivity index (χ0) is 15.1. The molecule has 0 fully saturated rings. The van der Waals surface area contributed by atoms with Crippen LogP contribution in [0.5, 0.6) is 0 Å². The lowest BCUT2D eigenvalue weighted by Crippen LogP contribution is -2.28. The molecule has 0 aromatic heterocycles. The third-order valence-electron chi connectivity index (χ3n) is 2.17. The molecule has 0 aliphatic heterocycles. The van der Waals surface area contributed by atoms with Crippen LogP contribution in [-0.4, -0.2) is 41.7 Å². The van der Waals surface area contributed by atoms with E-state index in [2.05, 4.69) is 10.1 Å². The summed E-state index contributed by atoms with van der Waals surface area (Å²) < 4.78 is 18.1. The number of carbonyl (C=O) groups excluding carboxylic acids is 1. The first kappa shape index (κ1) is 15.5. The van der Waals surface area contributed by atoms with Gasteiger partial charge in [-0.25, -0.2) is 9.18 Å². The Kier molecular flexibility index (Phi) is 5.54. The number of benzene rings is 1. The Morgan fingerprint density at radius 1 is 1.45 bits per heavy atom. The number of rotatable bonds is 7. The van der Waals surface area contributed by atoms with Gasteiger partial charge in [0.15, 0.2) is 0 Å². The molecule has 20 heavy (non-hydrogen) atoms. The number of aliphatic carboxylic acids is 1. The second-order valence-corrected chi connectivity index (χ2v) is 3.62. The highest BCUT2D eigenvalue weighted by Crippen LogP contribution is 2.16. The van der Waals surface area contributed by atoms with Gasteiger partial charge in [-0.1, -0.05) is 0 Å². The molecule has 0 radical (unpaired) electrons. The Morgan fingerprint density at radius 2 is 2.15 bits per heavy atom. The molecule has 1 aromatic carbocycles. The van der Waals surface area contributed by atoms with E-state index in [0.717, 1.165) is 12.1 Å². The summed E-state index contributed by atoms with van der Waals surface area (Å²) >= 11 is 0. The summed E-state index contributed by atoms with van der Waals surface area (Å²) in [6, 6.07) is 2.66. The number of hydrogen-bond donors (Lipinski definition) is 2. The van der Waals surface area contributed by atoms with E-state index in [-0.39, 0.29) is 18.7 Å². The second kappa shape index (κ2) is 7.14. The van der Waals surface area contributed by atoms with Crippen molar-refractivity contribution in [2.24, 2.45) is 0 Å². The SMILES string of the molecule is O=C(O)COCCNC(=O)c1ccc([N+](=O)[O-])cc1F. The zero-order valence-electron chi connectivity index (χ0n) is 10.2. The number of nitro groups is 1. The highest BCUT2D eigenvalue weighted by atomic mass is 19.1. The molecule has 0 aliphatic rings. The van der Waals surface area contributed by atoms with Gasteiger partial charge in [0.2, 0.25) is 0 Å². The number of nitrogens with one attached hydrogen (secondary N) is 1. The van der Waals surface area contributed by atoms with E-state index in [1.165, 1.54) is 0 Å². The summed E-state index contributed by atoms with van der Waals surface area (Å²) in [7, 11) is 0. The quantitative estimate of drug-likeness (QED) is 0.429. The van der Waals surface area contributed by atoms with Crippen LogP contribution in [0.1, 0.15) is 10.4 Å². The number of amides is 1. The van der Waals surface area contributed by atoms with Crippen molar-refractivity contribution in [1.29, 1.82) is 0 Å². The minimum Gasteiger partial charge on any atom is -0.480 e. The predicted molar refractivity (Wildman–Crippen MR) is 63.8 cm³/mol. The van der Waals surface area contributed by atoms with Crippen LogP contribution < -0.4 is 5.32 Å². The third kappa shape index (κ3) is 4.61. The highest BCUT2D eigenvalue weighted by molar-refractivity contribution is 5.94. The van der Waals surface area contributed by atoms with Gasteiger partial charge >= 0.3 is 5.97 Å². The van der Waals surface area contributed by atoms with Crippen molar-refractivity contribution in [2.75, 3.05) is 19.8 Å². The Hall–Kier alpha value is -2.55. The summed E-state index contributed by atoms with van der Waals surface area (Å²) in [5, 5.41) is 21.0. The summed E-state index contributed by atoms with van der Waals surface area (Å²) in [6.07, 6.45) is 0. The first-order chi connectivity index (χ1) is 9.41. The Bertz CT molecular complexity index is 534. The van der Waals surface area contributed by atoms with Gasteiger partial charge in [0.05, 0.1) is 23.2 Å². The van der Waals surface area contributed by atoms with Crippen LogP contribution in [0.25, 0.3) is 0 Å². The maximum Gasteiger partial charge on any atom is 0.329 e. The molecular weight excluding hydrogens is 275 g/mol. The average Bonchev–Trinajstić information content (AvgIpc) is 2.37. The smallest absolute Gasteiger partial charge is 0.329 e. The number of carbonyl (C=O) groups is 2. The molecule has 0 saturated heterocycles. The van der Waals surface area contributed by atoms with E-state index in [1.54, 1.807) is 0 Å².